The molecular formula is C21H13ClF3N5O2. The fraction of sp³-hybridized carbons (Fsp3) is 0.0952. The average Bonchev–Trinajstić information content (AvgIpc) is 2.75. The number of rotatable bonds is 4. The number of benzene rings is 2. The molecule has 3 rings (SSSR count). The van der Waals surface area contributed by atoms with Gasteiger partial charge < -0.3 is 0 Å². The predicted octanol–water partition coefficient (Wildman–Crippen LogP) is 3.85. The zero-order valence-corrected chi connectivity index (χ0v) is 17.1. The van der Waals surface area contributed by atoms with Crippen LogP contribution in [-0.2, 0) is 6.18 Å². The van der Waals surface area contributed by atoms with Crippen molar-refractivity contribution in [1.29, 1.82) is 5.26 Å². The van der Waals surface area contributed by atoms with Gasteiger partial charge in [0.05, 0.1) is 17.5 Å². The zero-order chi connectivity index (χ0) is 23.5. The lowest BCUT2D eigenvalue weighted by Gasteiger charge is -2.12. The summed E-state index contributed by atoms with van der Waals surface area (Å²) in [6.45, 7) is 1.33. The topological polar surface area (TPSA) is 100 Å². The molecule has 1 aromatic heterocycles. The highest BCUT2D eigenvalue weighted by molar-refractivity contribution is 6.30. The van der Waals surface area contributed by atoms with Crippen LogP contribution in [0.4, 0.5) is 13.2 Å². The van der Waals surface area contributed by atoms with Crippen LogP contribution in [0.25, 0.3) is 5.69 Å². The molecule has 0 saturated carbocycles. The Bertz CT molecular complexity index is 1310. The van der Waals surface area contributed by atoms with Crippen LogP contribution in [0.1, 0.15) is 32.7 Å². The number of amides is 1. The molecule has 0 aliphatic rings. The summed E-state index contributed by atoms with van der Waals surface area (Å²) in [4.78, 5) is 25.2. The largest absolute Gasteiger partial charge is 0.416 e. The van der Waals surface area contributed by atoms with E-state index in [4.69, 9.17) is 11.6 Å². The molecule has 0 aliphatic heterocycles. The predicted molar refractivity (Wildman–Crippen MR) is 111 cm³/mol. The Morgan fingerprint density at radius 1 is 1.25 bits per heavy atom. The average molecular weight is 460 g/mol. The Hall–Kier alpha value is -3.97. The highest BCUT2D eigenvalue weighted by Crippen LogP contribution is 2.30. The van der Waals surface area contributed by atoms with Gasteiger partial charge in [-0.3, -0.25) is 9.59 Å². The van der Waals surface area contributed by atoms with Crippen LogP contribution in [0.15, 0.2) is 58.4 Å². The van der Waals surface area contributed by atoms with Gasteiger partial charge in [-0.25, -0.2) is 5.43 Å². The van der Waals surface area contributed by atoms with Crippen molar-refractivity contribution in [3.05, 3.63) is 91.9 Å². The number of halogens is 4. The van der Waals surface area contributed by atoms with Crippen molar-refractivity contribution in [3.63, 3.8) is 0 Å². The number of nitrogens with one attached hydrogen (secondary N) is 1. The Morgan fingerprint density at radius 2 is 1.94 bits per heavy atom. The molecule has 1 amide bonds. The number of carbonyl (C=O) groups excluding carboxylic acids is 1. The minimum atomic E-state index is -4.65. The number of nitriles is 1. The SMILES string of the molecule is Cc1c(C(=O)N/N=C/c2ccc(Cl)cc2)nn(-c2cccc(C(F)(F)F)c2)c(=O)c1C#N. The fourth-order valence-corrected chi connectivity index (χ4v) is 2.83. The van der Waals surface area contributed by atoms with E-state index in [1.165, 1.54) is 19.2 Å². The summed E-state index contributed by atoms with van der Waals surface area (Å²) in [5.74, 6) is -0.857. The first-order valence-electron chi connectivity index (χ1n) is 8.92. The maximum absolute atomic E-state index is 13.1. The third-order valence-corrected chi connectivity index (χ3v) is 4.58. The minimum Gasteiger partial charge on any atom is -0.266 e. The van der Waals surface area contributed by atoms with E-state index in [1.807, 2.05) is 0 Å². The highest BCUT2D eigenvalue weighted by atomic mass is 35.5. The van der Waals surface area contributed by atoms with Crippen LogP contribution in [0, 0.1) is 18.3 Å². The second-order valence-electron chi connectivity index (χ2n) is 6.48. The molecule has 32 heavy (non-hydrogen) atoms. The molecule has 0 atom stereocenters. The van der Waals surface area contributed by atoms with E-state index in [0.29, 0.717) is 21.3 Å². The summed E-state index contributed by atoms with van der Waals surface area (Å²) in [6, 6.07) is 12.1. The van der Waals surface area contributed by atoms with E-state index in [1.54, 1.807) is 30.3 Å². The lowest BCUT2D eigenvalue weighted by Crippen LogP contribution is -2.31. The zero-order valence-electron chi connectivity index (χ0n) is 16.3. The molecule has 1 N–H and O–H groups in total. The van der Waals surface area contributed by atoms with E-state index < -0.39 is 28.8 Å². The van der Waals surface area contributed by atoms with E-state index >= 15 is 0 Å². The van der Waals surface area contributed by atoms with Gasteiger partial charge >= 0.3 is 6.18 Å². The van der Waals surface area contributed by atoms with Crippen LogP contribution >= 0.6 is 11.6 Å². The van der Waals surface area contributed by atoms with Crippen LogP contribution in [0.2, 0.25) is 5.02 Å². The number of hydrazone groups is 1. The van der Waals surface area contributed by atoms with Gasteiger partial charge in [0.2, 0.25) is 0 Å². The fourth-order valence-electron chi connectivity index (χ4n) is 2.71. The molecule has 0 fully saturated rings. The summed E-state index contributed by atoms with van der Waals surface area (Å²) in [6.07, 6.45) is -3.32. The monoisotopic (exact) mass is 459 g/mol. The van der Waals surface area contributed by atoms with Crippen molar-refractivity contribution in [2.45, 2.75) is 13.1 Å². The Labute approximate surface area is 184 Å². The molecule has 2 aromatic carbocycles. The van der Waals surface area contributed by atoms with Crippen LogP contribution in [0.5, 0.6) is 0 Å². The van der Waals surface area contributed by atoms with E-state index in [2.05, 4.69) is 15.6 Å². The Kier molecular flexibility index (Phi) is 6.41. The molecule has 0 bridgehead atoms. The third-order valence-electron chi connectivity index (χ3n) is 4.33. The minimum absolute atomic E-state index is 0.0279. The number of hydrogen-bond acceptors (Lipinski definition) is 5. The molecule has 0 spiro atoms. The number of alkyl halides is 3. The summed E-state index contributed by atoms with van der Waals surface area (Å²) in [5, 5.41) is 17.6. The van der Waals surface area contributed by atoms with Gasteiger partial charge in [-0.15, -0.1) is 0 Å². The smallest absolute Gasteiger partial charge is 0.266 e. The molecule has 0 radical (unpaired) electrons. The van der Waals surface area contributed by atoms with Gasteiger partial charge in [-0.05, 0) is 42.8 Å². The molecular weight excluding hydrogens is 447 g/mol. The summed E-state index contributed by atoms with van der Waals surface area (Å²) >= 11 is 5.80. The lowest BCUT2D eigenvalue weighted by atomic mass is 10.1. The molecule has 0 unspecified atom stereocenters. The second-order valence-corrected chi connectivity index (χ2v) is 6.91. The Balaban J connectivity index is 2.00. The molecule has 11 heteroatoms. The number of nitrogens with zero attached hydrogens (tertiary/aromatic N) is 4. The quantitative estimate of drug-likeness (QED) is 0.473. The molecule has 0 aliphatic carbocycles. The van der Waals surface area contributed by atoms with Crippen molar-refractivity contribution < 1.29 is 18.0 Å². The van der Waals surface area contributed by atoms with E-state index in [-0.39, 0.29) is 16.9 Å². The van der Waals surface area contributed by atoms with Crippen molar-refractivity contribution in [3.8, 4) is 11.8 Å². The highest BCUT2D eigenvalue weighted by Gasteiger charge is 2.31. The lowest BCUT2D eigenvalue weighted by molar-refractivity contribution is -0.137. The first kappa shape index (κ1) is 22.7. The van der Waals surface area contributed by atoms with Crippen LogP contribution in [-0.4, -0.2) is 21.9 Å². The van der Waals surface area contributed by atoms with Gasteiger partial charge in [0.25, 0.3) is 11.5 Å². The number of carbonyl (C=O) groups is 1. The summed E-state index contributed by atoms with van der Waals surface area (Å²) in [7, 11) is 0. The van der Waals surface area contributed by atoms with Crippen molar-refractivity contribution in [2.24, 2.45) is 5.10 Å². The van der Waals surface area contributed by atoms with Crippen molar-refractivity contribution in [1.82, 2.24) is 15.2 Å². The molecule has 3 aromatic rings. The van der Waals surface area contributed by atoms with Gasteiger partial charge in [-0.1, -0.05) is 29.8 Å². The molecule has 162 valence electrons. The molecule has 7 nitrogen and oxygen atoms in total. The first-order chi connectivity index (χ1) is 15.1. The standard InChI is InChI=1S/C21H13ClF3N5O2/c1-12-17(10-26)20(32)30(16-4-2-3-14(9-16)21(23,24)25)29-18(12)19(31)28-27-11-13-5-7-15(22)8-6-13/h2-9,11H,1H3,(H,28,31)/b27-11+. The number of aromatic nitrogens is 2. The Morgan fingerprint density at radius 3 is 2.56 bits per heavy atom. The van der Waals surface area contributed by atoms with Crippen molar-refractivity contribution >= 4 is 23.7 Å². The first-order valence-corrected chi connectivity index (χ1v) is 9.30. The second kappa shape index (κ2) is 9.03. The molecule has 1 heterocycles. The van der Waals surface area contributed by atoms with Gasteiger partial charge in [0.15, 0.2) is 5.69 Å². The van der Waals surface area contributed by atoms with Crippen LogP contribution < -0.4 is 11.0 Å². The maximum atomic E-state index is 13.1. The number of hydrogen-bond donors (Lipinski definition) is 1. The van der Waals surface area contributed by atoms with Gasteiger partial charge in [0, 0.05) is 10.6 Å². The van der Waals surface area contributed by atoms with E-state index in [0.717, 1.165) is 12.1 Å². The van der Waals surface area contributed by atoms with E-state index in [9.17, 15) is 28.0 Å². The van der Waals surface area contributed by atoms with Gasteiger partial charge in [-0.2, -0.15) is 33.3 Å². The van der Waals surface area contributed by atoms with Crippen molar-refractivity contribution in [2.75, 3.05) is 0 Å². The third kappa shape index (κ3) is 4.84. The normalized spacial score (nSPS) is 11.4. The molecule has 0 saturated heterocycles. The van der Waals surface area contributed by atoms with Crippen LogP contribution in [0.3, 0.4) is 0 Å². The van der Waals surface area contributed by atoms with Gasteiger partial charge in [0.1, 0.15) is 11.6 Å². The maximum Gasteiger partial charge on any atom is 0.416 e. The summed E-state index contributed by atoms with van der Waals surface area (Å²) < 4.78 is 39.7. The summed E-state index contributed by atoms with van der Waals surface area (Å²) in [5.41, 5.74) is -0.162.